The Balaban J connectivity index is 2.31. The summed E-state index contributed by atoms with van der Waals surface area (Å²) in [4.78, 5) is 5.10. The van der Waals surface area contributed by atoms with Crippen molar-refractivity contribution in [2.45, 2.75) is 32.7 Å². The van der Waals surface area contributed by atoms with Gasteiger partial charge in [-0.2, -0.15) is 4.98 Å². The Hall–Kier alpha value is -1.34. The van der Waals surface area contributed by atoms with Crippen LogP contribution in [-0.4, -0.2) is 19.7 Å². The van der Waals surface area contributed by atoms with Crippen LogP contribution in [0.3, 0.4) is 0 Å². The molecular formula is C9H13N5OS. The molecule has 2 N–H and O–H groups in total. The maximum atomic E-state index is 5.82. The van der Waals surface area contributed by atoms with Crippen LogP contribution in [0.1, 0.15) is 37.8 Å². The first-order valence-corrected chi connectivity index (χ1v) is 5.94. The molecule has 0 bridgehead atoms. The topological polar surface area (TPSA) is 90.7 Å². The van der Waals surface area contributed by atoms with Gasteiger partial charge in [-0.1, -0.05) is 23.5 Å². The fraction of sp³-hybridized carbons (Fsp3) is 0.556. The molecule has 0 aliphatic heterocycles. The summed E-state index contributed by atoms with van der Waals surface area (Å²) in [6.07, 6.45) is 1.57. The molecule has 2 aromatic rings. The summed E-state index contributed by atoms with van der Waals surface area (Å²) in [5.41, 5.74) is 6.70. The lowest BCUT2D eigenvalue weighted by Gasteiger charge is -1.99. The fourth-order valence-corrected chi connectivity index (χ4v) is 1.94. The van der Waals surface area contributed by atoms with Gasteiger partial charge in [0, 0.05) is 0 Å². The highest BCUT2D eigenvalue weighted by atomic mass is 32.1. The lowest BCUT2D eigenvalue weighted by molar-refractivity contribution is 0.415. The zero-order valence-electron chi connectivity index (χ0n) is 9.17. The zero-order valence-corrected chi connectivity index (χ0v) is 9.99. The molecule has 7 heteroatoms. The highest BCUT2D eigenvalue weighted by Gasteiger charge is 2.18. The first-order valence-electron chi connectivity index (χ1n) is 5.17. The van der Waals surface area contributed by atoms with Crippen molar-refractivity contribution in [2.75, 3.05) is 0 Å². The minimum atomic E-state index is -0.177. The molecule has 0 saturated carbocycles. The van der Waals surface area contributed by atoms with E-state index in [0.717, 1.165) is 23.4 Å². The van der Waals surface area contributed by atoms with Gasteiger partial charge in [0.05, 0.1) is 11.7 Å². The summed E-state index contributed by atoms with van der Waals surface area (Å²) >= 11 is 1.26. The molecular weight excluding hydrogens is 226 g/mol. The molecule has 0 aliphatic carbocycles. The van der Waals surface area contributed by atoms with Gasteiger partial charge in [0.2, 0.25) is 0 Å². The first kappa shape index (κ1) is 11.2. The average Bonchev–Trinajstić information content (AvgIpc) is 2.95. The zero-order chi connectivity index (χ0) is 11.5. The van der Waals surface area contributed by atoms with Crippen molar-refractivity contribution in [3.63, 3.8) is 0 Å². The van der Waals surface area contributed by atoms with E-state index in [2.05, 4.69) is 19.7 Å². The maximum Gasteiger partial charge on any atom is 0.271 e. The van der Waals surface area contributed by atoms with Gasteiger partial charge in [0.1, 0.15) is 4.88 Å². The van der Waals surface area contributed by atoms with Crippen LogP contribution < -0.4 is 5.73 Å². The molecule has 86 valence electrons. The van der Waals surface area contributed by atoms with Crippen molar-refractivity contribution in [3.8, 4) is 10.8 Å². The second-order valence-electron chi connectivity index (χ2n) is 3.37. The van der Waals surface area contributed by atoms with Crippen molar-refractivity contribution in [2.24, 2.45) is 5.73 Å². The number of aromatic nitrogens is 4. The average molecular weight is 239 g/mol. The van der Waals surface area contributed by atoms with E-state index < -0.39 is 0 Å². The highest BCUT2D eigenvalue weighted by molar-refractivity contribution is 7.09. The van der Waals surface area contributed by atoms with Crippen LogP contribution in [0.4, 0.5) is 0 Å². The van der Waals surface area contributed by atoms with E-state index in [9.17, 15) is 0 Å². The van der Waals surface area contributed by atoms with Crippen LogP contribution in [0.5, 0.6) is 0 Å². The van der Waals surface area contributed by atoms with Crippen LogP contribution in [-0.2, 0) is 6.42 Å². The summed E-state index contributed by atoms with van der Waals surface area (Å²) in [5.74, 6) is 0.999. The van der Waals surface area contributed by atoms with E-state index >= 15 is 0 Å². The fourth-order valence-electron chi connectivity index (χ4n) is 1.26. The molecule has 1 unspecified atom stereocenters. The van der Waals surface area contributed by atoms with Crippen molar-refractivity contribution in [1.29, 1.82) is 0 Å². The van der Waals surface area contributed by atoms with Crippen molar-refractivity contribution >= 4 is 11.5 Å². The standard InChI is InChI=1S/C9H13N5OS/c1-3-5(10)8-11-9(15-13-8)7-6(4-2)12-14-16-7/h5H,3-4,10H2,1-2H3. The van der Waals surface area contributed by atoms with Crippen molar-refractivity contribution < 1.29 is 4.52 Å². The van der Waals surface area contributed by atoms with Gasteiger partial charge < -0.3 is 10.3 Å². The number of nitrogens with two attached hydrogens (primary N) is 1. The number of nitrogens with zero attached hydrogens (tertiary/aromatic N) is 4. The highest BCUT2D eigenvalue weighted by Crippen LogP contribution is 2.25. The maximum absolute atomic E-state index is 5.82. The summed E-state index contributed by atoms with van der Waals surface area (Å²) in [5, 5.41) is 7.85. The second kappa shape index (κ2) is 4.67. The van der Waals surface area contributed by atoms with Crippen molar-refractivity contribution in [3.05, 3.63) is 11.5 Å². The van der Waals surface area contributed by atoms with Gasteiger partial charge >= 0.3 is 0 Å². The van der Waals surface area contributed by atoms with Gasteiger partial charge in [0.25, 0.3) is 5.89 Å². The van der Waals surface area contributed by atoms with Gasteiger partial charge in [0.15, 0.2) is 5.82 Å². The Bertz CT molecular complexity index is 466. The van der Waals surface area contributed by atoms with Gasteiger partial charge in [-0.25, -0.2) is 0 Å². The normalized spacial score (nSPS) is 12.9. The van der Waals surface area contributed by atoms with Gasteiger partial charge in [-0.3, -0.25) is 0 Å². The molecule has 0 aromatic carbocycles. The predicted octanol–water partition coefficient (Wildman–Crippen LogP) is 1.56. The Kier molecular flexibility index (Phi) is 3.25. The van der Waals surface area contributed by atoms with E-state index in [1.165, 1.54) is 11.5 Å². The number of hydrogen-bond acceptors (Lipinski definition) is 7. The Morgan fingerprint density at radius 2 is 2.25 bits per heavy atom. The van der Waals surface area contributed by atoms with Crippen molar-refractivity contribution in [1.82, 2.24) is 19.7 Å². The monoisotopic (exact) mass is 239 g/mol. The van der Waals surface area contributed by atoms with E-state index in [-0.39, 0.29) is 6.04 Å². The smallest absolute Gasteiger partial charge is 0.271 e. The summed E-state index contributed by atoms with van der Waals surface area (Å²) in [6, 6.07) is -0.177. The van der Waals surface area contributed by atoms with Crippen LogP contribution in [0.15, 0.2) is 4.52 Å². The quantitative estimate of drug-likeness (QED) is 0.870. The Labute approximate surface area is 97.0 Å². The van der Waals surface area contributed by atoms with Gasteiger partial charge in [-0.05, 0) is 24.4 Å². The molecule has 0 amide bonds. The number of hydrogen-bond donors (Lipinski definition) is 1. The summed E-state index contributed by atoms with van der Waals surface area (Å²) < 4.78 is 9.04. The predicted molar refractivity (Wildman–Crippen MR) is 59.8 cm³/mol. The molecule has 6 nitrogen and oxygen atoms in total. The van der Waals surface area contributed by atoms with Crippen LogP contribution in [0, 0.1) is 0 Å². The largest absolute Gasteiger partial charge is 0.333 e. The number of rotatable bonds is 4. The van der Waals surface area contributed by atoms with Crippen LogP contribution in [0.2, 0.25) is 0 Å². The third-order valence-corrected chi connectivity index (χ3v) is 3.05. The summed E-state index contributed by atoms with van der Waals surface area (Å²) in [7, 11) is 0. The molecule has 0 fully saturated rings. The molecule has 2 rings (SSSR count). The molecule has 0 radical (unpaired) electrons. The van der Waals surface area contributed by atoms with E-state index in [1.54, 1.807) is 0 Å². The van der Waals surface area contributed by atoms with Crippen LogP contribution >= 0.6 is 11.5 Å². The SMILES string of the molecule is CCc1nnsc1-c1nc(C(N)CC)no1. The molecule has 1 atom stereocenters. The minimum Gasteiger partial charge on any atom is -0.333 e. The second-order valence-corrected chi connectivity index (χ2v) is 4.13. The molecule has 0 saturated heterocycles. The molecule has 2 aromatic heterocycles. The molecule has 2 heterocycles. The molecule has 0 spiro atoms. The first-order chi connectivity index (χ1) is 7.76. The van der Waals surface area contributed by atoms with E-state index in [4.69, 9.17) is 10.3 Å². The molecule has 16 heavy (non-hydrogen) atoms. The van der Waals surface area contributed by atoms with E-state index in [0.29, 0.717) is 11.7 Å². The lowest BCUT2D eigenvalue weighted by Crippen LogP contribution is -2.10. The third kappa shape index (κ3) is 1.96. The van der Waals surface area contributed by atoms with Gasteiger partial charge in [-0.15, -0.1) is 5.10 Å². The molecule has 0 aliphatic rings. The Morgan fingerprint density at radius 3 is 2.94 bits per heavy atom. The Morgan fingerprint density at radius 1 is 1.44 bits per heavy atom. The third-order valence-electron chi connectivity index (χ3n) is 2.30. The summed E-state index contributed by atoms with van der Waals surface area (Å²) in [6.45, 7) is 3.99. The minimum absolute atomic E-state index is 0.177. The van der Waals surface area contributed by atoms with Crippen LogP contribution in [0.25, 0.3) is 10.8 Å². The van der Waals surface area contributed by atoms with E-state index in [1.807, 2.05) is 13.8 Å². The lowest BCUT2D eigenvalue weighted by atomic mass is 10.2. The number of aryl methyl sites for hydroxylation is 1.